The molecule has 0 atom stereocenters. The molecule has 20 heavy (non-hydrogen) atoms. The first-order valence-corrected chi connectivity index (χ1v) is 6.60. The van der Waals surface area contributed by atoms with Gasteiger partial charge in [-0.15, -0.1) is 0 Å². The fourth-order valence-corrected chi connectivity index (χ4v) is 1.96. The van der Waals surface area contributed by atoms with Gasteiger partial charge in [-0.2, -0.15) is 0 Å². The van der Waals surface area contributed by atoms with E-state index in [9.17, 15) is 9.59 Å². The first-order valence-electron chi connectivity index (χ1n) is 6.60. The first-order chi connectivity index (χ1) is 9.47. The molecule has 0 aliphatic carbocycles. The molecule has 0 unspecified atom stereocenters. The van der Waals surface area contributed by atoms with Gasteiger partial charge < -0.3 is 15.1 Å². The molecule has 0 aliphatic rings. The van der Waals surface area contributed by atoms with Gasteiger partial charge in [0, 0.05) is 19.6 Å². The maximum atomic E-state index is 11.4. The number of carbonyl (C=O) groups is 1. The minimum absolute atomic E-state index is 0.117. The number of aryl methyl sites for hydroxylation is 1. The van der Waals surface area contributed by atoms with Gasteiger partial charge in [-0.05, 0) is 38.0 Å². The summed E-state index contributed by atoms with van der Waals surface area (Å²) in [5.41, 5.74) is 2.38. The summed E-state index contributed by atoms with van der Waals surface area (Å²) >= 11 is 0. The number of nitrogens with zero attached hydrogens (tertiary/aromatic N) is 1. The van der Waals surface area contributed by atoms with Gasteiger partial charge in [0.1, 0.15) is 0 Å². The maximum Gasteiger partial charge on any atom is 0.419 e. The fraction of sp³-hybridized carbons (Fsp3) is 0.429. The molecule has 108 valence electrons. The summed E-state index contributed by atoms with van der Waals surface area (Å²) in [5.74, 6) is -0.369. The standard InChI is InChI=1S/C14H19N3O3/c1-9(2)16-13(18)15-7-6-10-4-5-12-11(8-10)17(3)14(19)20-12/h4-5,8-9H,6-7H2,1-3H3,(H2,15,16,18). The molecule has 0 bridgehead atoms. The number of amides is 2. The predicted molar refractivity (Wildman–Crippen MR) is 76.8 cm³/mol. The van der Waals surface area contributed by atoms with Gasteiger partial charge in [-0.1, -0.05) is 6.07 Å². The van der Waals surface area contributed by atoms with E-state index >= 15 is 0 Å². The van der Waals surface area contributed by atoms with Gasteiger partial charge in [-0.25, -0.2) is 9.59 Å². The molecule has 0 radical (unpaired) electrons. The molecule has 1 heterocycles. The van der Waals surface area contributed by atoms with Crippen LogP contribution in [0.15, 0.2) is 27.4 Å². The lowest BCUT2D eigenvalue weighted by atomic mass is 10.1. The number of carbonyl (C=O) groups excluding carboxylic acids is 1. The van der Waals surface area contributed by atoms with Crippen LogP contribution >= 0.6 is 0 Å². The van der Waals surface area contributed by atoms with Crippen LogP contribution in [0.25, 0.3) is 11.1 Å². The Bertz CT molecular complexity index is 670. The van der Waals surface area contributed by atoms with Crippen LogP contribution in [-0.4, -0.2) is 23.2 Å². The molecule has 6 nitrogen and oxygen atoms in total. The van der Waals surface area contributed by atoms with Gasteiger partial charge in [0.05, 0.1) is 5.52 Å². The van der Waals surface area contributed by atoms with Crippen molar-refractivity contribution in [1.29, 1.82) is 0 Å². The van der Waals surface area contributed by atoms with Crippen molar-refractivity contribution in [3.8, 4) is 0 Å². The van der Waals surface area contributed by atoms with E-state index in [0.29, 0.717) is 18.5 Å². The summed E-state index contributed by atoms with van der Waals surface area (Å²) in [6.07, 6.45) is 0.695. The number of hydrogen-bond acceptors (Lipinski definition) is 3. The molecule has 2 aromatic rings. The van der Waals surface area contributed by atoms with Crippen molar-refractivity contribution in [2.75, 3.05) is 6.54 Å². The highest BCUT2D eigenvalue weighted by Crippen LogP contribution is 2.14. The van der Waals surface area contributed by atoms with E-state index < -0.39 is 0 Å². The Morgan fingerprint density at radius 1 is 1.40 bits per heavy atom. The molecule has 6 heteroatoms. The van der Waals surface area contributed by atoms with Crippen molar-refractivity contribution in [2.24, 2.45) is 7.05 Å². The fourth-order valence-electron chi connectivity index (χ4n) is 1.96. The number of nitrogens with one attached hydrogen (secondary N) is 2. The van der Waals surface area contributed by atoms with E-state index in [0.717, 1.165) is 11.1 Å². The Hall–Kier alpha value is -2.24. The zero-order chi connectivity index (χ0) is 14.7. The van der Waals surface area contributed by atoms with E-state index in [-0.39, 0.29) is 17.8 Å². The summed E-state index contributed by atoms with van der Waals surface area (Å²) in [6.45, 7) is 4.36. The van der Waals surface area contributed by atoms with Gasteiger partial charge in [-0.3, -0.25) is 4.57 Å². The molecular weight excluding hydrogens is 258 g/mol. The van der Waals surface area contributed by atoms with Crippen molar-refractivity contribution in [1.82, 2.24) is 15.2 Å². The van der Waals surface area contributed by atoms with Crippen LogP contribution in [0.3, 0.4) is 0 Å². The number of hydrogen-bond donors (Lipinski definition) is 2. The SMILES string of the molecule is CC(C)NC(=O)NCCc1ccc2oc(=O)n(C)c2c1. The van der Waals surface area contributed by atoms with Gasteiger partial charge in [0.15, 0.2) is 5.58 Å². The Balaban J connectivity index is 1.98. The Morgan fingerprint density at radius 3 is 2.85 bits per heavy atom. The molecule has 0 saturated heterocycles. The molecule has 1 aromatic carbocycles. The summed E-state index contributed by atoms with van der Waals surface area (Å²) in [7, 11) is 1.67. The van der Waals surface area contributed by atoms with Crippen molar-refractivity contribution in [3.05, 3.63) is 34.3 Å². The number of fused-ring (bicyclic) bond motifs is 1. The topological polar surface area (TPSA) is 76.3 Å². The third-order valence-corrected chi connectivity index (χ3v) is 2.97. The smallest absolute Gasteiger partial charge is 0.408 e. The second kappa shape index (κ2) is 5.81. The molecular formula is C14H19N3O3. The summed E-state index contributed by atoms with van der Waals surface area (Å²) < 4.78 is 6.54. The number of rotatable bonds is 4. The minimum atomic E-state index is -0.369. The minimum Gasteiger partial charge on any atom is -0.408 e. The summed E-state index contributed by atoms with van der Waals surface area (Å²) in [5, 5.41) is 5.55. The van der Waals surface area contributed by atoms with Crippen LogP contribution in [0.1, 0.15) is 19.4 Å². The molecule has 2 N–H and O–H groups in total. The number of benzene rings is 1. The molecule has 2 rings (SSSR count). The molecule has 0 saturated carbocycles. The molecule has 1 aromatic heterocycles. The largest absolute Gasteiger partial charge is 0.419 e. The van der Waals surface area contributed by atoms with Crippen LogP contribution in [0.2, 0.25) is 0 Å². The van der Waals surface area contributed by atoms with E-state index in [2.05, 4.69) is 10.6 Å². The highest BCUT2D eigenvalue weighted by Gasteiger charge is 2.07. The van der Waals surface area contributed by atoms with E-state index in [4.69, 9.17) is 4.42 Å². The van der Waals surface area contributed by atoms with Crippen LogP contribution in [0.4, 0.5) is 4.79 Å². The third-order valence-electron chi connectivity index (χ3n) is 2.97. The second-order valence-electron chi connectivity index (χ2n) is 5.03. The average Bonchev–Trinajstić information content (AvgIpc) is 2.65. The average molecular weight is 277 g/mol. The van der Waals surface area contributed by atoms with Crippen molar-refractivity contribution in [2.45, 2.75) is 26.3 Å². The molecule has 0 spiro atoms. The lowest BCUT2D eigenvalue weighted by Gasteiger charge is -2.10. The zero-order valence-corrected chi connectivity index (χ0v) is 11.9. The van der Waals surface area contributed by atoms with E-state index in [1.165, 1.54) is 4.57 Å². The highest BCUT2D eigenvalue weighted by atomic mass is 16.4. The highest BCUT2D eigenvalue weighted by molar-refractivity contribution is 5.74. The van der Waals surface area contributed by atoms with Crippen LogP contribution in [0.5, 0.6) is 0 Å². The predicted octanol–water partition coefficient (Wildman–Crippen LogP) is 1.38. The lowest BCUT2D eigenvalue weighted by molar-refractivity contribution is 0.238. The van der Waals surface area contributed by atoms with Gasteiger partial charge in [0.2, 0.25) is 0 Å². The van der Waals surface area contributed by atoms with Crippen molar-refractivity contribution < 1.29 is 9.21 Å². The maximum absolute atomic E-state index is 11.4. The number of oxazole rings is 1. The normalized spacial score (nSPS) is 11.0. The van der Waals surface area contributed by atoms with Crippen molar-refractivity contribution in [3.63, 3.8) is 0 Å². The summed E-state index contributed by atoms with van der Waals surface area (Å²) in [4.78, 5) is 22.8. The molecule has 2 amide bonds. The van der Waals surface area contributed by atoms with Crippen LogP contribution in [0, 0.1) is 0 Å². The second-order valence-corrected chi connectivity index (χ2v) is 5.03. The summed E-state index contributed by atoms with van der Waals surface area (Å²) in [6, 6.07) is 5.53. The first kappa shape index (κ1) is 14.2. The van der Waals surface area contributed by atoms with E-state index in [1.807, 2.05) is 26.0 Å². The molecule has 0 aliphatic heterocycles. The van der Waals surface area contributed by atoms with E-state index in [1.54, 1.807) is 13.1 Å². The van der Waals surface area contributed by atoms with Crippen LogP contribution < -0.4 is 16.4 Å². The van der Waals surface area contributed by atoms with Gasteiger partial charge >= 0.3 is 11.8 Å². The van der Waals surface area contributed by atoms with Crippen molar-refractivity contribution >= 4 is 17.1 Å². The third kappa shape index (κ3) is 3.20. The lowest BCUT2D eigenvalue weighted by Crippen LogP contribution is -2.40. The monoisotopic (exact) mass is 277 g/mol. The Labute approximate surface area is 116 Å². The Kier molecular flexibility index (Phi) is 4.12. The quantitative estimate of drug-likeness (QED) is 0.886. The number of aromatic nitrogens is 1. The van der Waals surface area contributed by atoms with Gasteiger partial charge in [0.25, 0.3) is 0 Å². The number of urea groups is 1. The molecule has 0 fully saturated rings. The van der Waals surface area contributed by atoms with Crippen LogP contribution in [-0.2, 0) is 13.5 Å². The Morgan fingerprint density at radius 2 is 2.15 bits per heavy atom. The zero-order valence-electron chi connectivity index (χ0n) is 11.9.